The number of hydrogen-bond donors (Lipinski definition) is 1. The van der Waals surface area contributed by atoms with Gasteiger partial charge in [0.15, 0.2) is 0 Å². The third-order valence-corrected chi connectivity index (χ3v) is 3.75. The van der Waals surface area contributed by atoms with Crippen LogP contribution in [0.1, 0.15) is 22.9 Å². The molecule has 6 nitrogen and oxygen atoms in total. The van der Waals surface area contributed by atoms with Crippen LogP contribution in [0.3, 0.4) is 0 Å². The number of aromatic nitrogens is 1. The molecule has 0 amide bonds. The predicted molar refractivity (Wildman–Crippen MR) is 94.0 cm³/mol. The van der Waals surface area contributed by atoms with E-state index >= 15 is 0 Å². The van der Waals surface area contributed by atoms with Gasteiger partial charge < -0.3 is 5.32 Å². The van der Waals surface area contributed by atoms with Gasteiger partial charge in [0.2, 0.25) is 0 Å². The number of nitro groups is 1. The van der Waals surface area contributed by atoms with Crippen LogP contribution < -0.4 is 5.32 Å². The molecule has 6 heteroatoms. The lowest BCUT2D eigenvalue weighted by Crippen LogP contribution is -2.14. The first-order valence-electron chi connectivity index (χ1n) is 7.60. The lowest BCUT2D eigenvalue weighted by molar-refractivity contribution is -0.384. The molecule has 0 fully saturated rings. The number of benzene rings is 2. The summed E-state index contributed by atoms with van der Waals surface area (Å²) in [7, 11) is 0. The predicted octanol–water partition coefficient (Wildman–Crippen LogP) is 4.06. The van der Waals surface area contributed by atoms with Crippen LogP contribution in [0.15, 0.2) is 72.9 Å². The second kappa shape index (κ2) is 7.23. The Bertz CT molecular complexity index is 882. The first kappa shape index (κ1) is 16.1. The largest absolute Gasteiger partial charge is 0.372 e. The van der Waals surface area contributed by atoms with Crippen molar-refractivity contribution in [2.24, 2.45) is 0 Å². The van der Waals surface area contributed by atoms with E-state index in [1.54, 1.807) is 12.3 Å². The zero-order chi connectivity index (χ0) is 17.6. The van der Waals surface area contributed by atoms with Crippen LogP contribution in [0.5, 0.6) is 0 Å². The van der Waals surface area contributed by atoms with E-state index in [1.165, 1.54) is 12.1 Å². The molecule has 0 saturated carbocycles. The van der Waals surface area contributed by atoms with Crippen molar-refractivity contribution in [1.29, 1.82) is 5.26 Å². The second-order valence-electron chi connectivity index (χ2n) is 5.34. The van der Waals surface area contributed by atoms with E-state index in [0.29, 0.717) is 5.69 Å². The topological polar surface area (TPSA) is 91.8 Å². The molecule has 25 heavy (non-hydrogen) atoms. The van der Waals surface area contributed by atoms with E-state index in [-0.39, 0.29) is 17.3 Å². The summed E-state index contributed by atoms with van der Waals surface area (Å²) in [5.74, 6) is 0. The molecular formula is C19H14N4O2. The van der Waals surface area contributed by atoms with Crippen LogP contribution in [-0.4, -0.2) is 9.91 Å². The van der Waals surface area contributed by atoms with Crippen LogP contribution in [-0.2, 0) is 0 Å². The van der Waals surface area contributed by atoms with E-state index in [9.17, 15) is 15.4 Å². The number of nitrogens with one attached hydrogen (secondary N) is 1. The Labute approximate surface area is 144 Å². The van der Waals surface area contributed by atoms with Crippen molar-refractivity contribution in [3.8, 4) is 6.07 Å². The summed E-state index contributed by atoms with van der Waals surface area (Å²) in [4.78, 5) is 14.8. The zero-order valence-electron chi connectivity index (χ0n) is 13.2. The highest BCUT2D eigenvalue weighted by Crippen LogP contribution is 2.29. The van der Waals surface area contributed by atoms with Gasteiger partial charge in [-0.15, -0.1) is 0 Å². The minimum absolute atomic E-state index is 0.115. The average molecular weight is 330 g/mol. The molecule has 0 aliphatic carbocycles. The van der Waals surface area contributed by atoms with Crippen molar-refractivity contribution >= 4 is 11.4 Å². The van der Waals surface area contributed by atoms with Crippen molar-refractivity contribution in [2.45, 2.75) is 6.04 Å². The van der Waals surface area contributed by atoms with Gasteiger partial charge in [-0.05, 0) is 23.8 Å². The Hall–Kier alpha value is -3.72. The molecule has 2 aromatic carbocycles. The summed E-state index contributed by atoms with van der Waals surface area (Å²) in [6, 6.07) is 21.2. The number of anilines is 1. The first-order chi connectivity index (χ1) is 12.2. The number of non-ortho nitro benzene ring substituents is 1. The van der Waals surface area contributed by atoms with Gasteiger partial charge in [0.25, 0.3) is 5.69 Å². The van der Waals surface area contributed by atoms with Crippen molar-refractivity contribution in [3.63, 3.8) is 0 Å². The maximum Gasteiger partial charge on any atom is 0.270 e. The van der Waals surface area contributed by atoms with Gasteiger partial charge in [-0.1, -0.05) is 36.4 Å². The minimum atomic E-state index is -0.516. The Balaban J connectivity index is 2.02. The van der Waals surface area contributed by atoms with E-state index in [4.69, 9.17) is 0 Å². The molecule has 1 heterocycles. The zero-order valence-corrected chi connectivity index (χ0v) is 13.2. The fraction of sp³-hybridized carbons (Fsp3) is 0.0526. The quantitative estimate of drug-likeness (QED) is 0.562. The summed E-state index contributed by atoms with van der Waals surface area (Å²) < 4.78 is 0. The SMILES string of the molecule is N#Cc1cc([N+](=O)[O-])ccc1N[C@H](c1ccccc1)c1ccccn1. The first-order valence-corrected chi connectivity index (χ1v) is 7.60. The molecule has 0 bridgehead atoms. The third-order valence-electron chi connectivity index (χ3n) is 3.75. The molecule has 0 radical (unpaired) electrons. The third kappa shape index (κ3) is 3.62. The maximum atomic E-state index is 10.9. The fourth-order valence-electron chi connectivity index (χ4n) is 2.54. The molecule has 0 aliphatic heterocycles. The lowest BCUT2D eigenvalue weighted by Gasteiger charge is -2.20. The van der Waals surface area contributed by atoms with Crippen molar-refractivity contribution in [3.05, 3.63) is 99.9 Å². The summed E-state index contributed by atoms with van der Waals surface area (Å²) in [5, 5.41) is 23.6. The molecule has 122 valence electrons. The highest BCUT2D eigenvalue weighted by molar-refractivity contribution is 5.63. The molecule has 0 aliphatic rings. The van der Waals surface area contributed by atoms with E-state index in [2.05, 4.69) is 10.3 Å². The van der Waals surface area contributed by atoms with Crippen molar-refractivity contribution in [1.82, 2.24) is 4.98 Å². The minimum Gasteiger partial charge on any atom is -0.372 e. The molecule has 3 aromatic rings. The highest BCUT2D eigenvalue weighted by Gasteiger charge is 2.18. The number of pyridine rings is 1. The lowest BCUT2D eigenvalue weighted by atomic mass is 10.0. The average Bonchev–Trinajstić information content (AvgIpc) is 2.67. The smallest absolute Gasteiger partial charge is 0.270 e. The number of nitrogens with zero attached hydrogens (tertiary/aromatic N) is 3. The maximum absolute atomic E-state index is 10.9. The molecule has 3 rings (SSSR count). The number of hydrogen-bond acceptors (Lipinski definition) is 5. The molecule has 0 saturated heterocycles. The van der Waals surface area contributed by atoms with Crippen LogP contribution in [0.25, 0.3) is 0 Å². The Morgan fingerprint density at radius 3 is 2.48 bits per heavy atom. The summed E-state index contributed by atoms with van der Waals surface area (Å²) in [6.07, 6.45) is 1.70. The van der Waals surface area contributed by atoms with Crippen LogP contribution >= 0.6 is 0 Å². The normalized spacial score (nSPS) is 11.3. The van der Waals surface area contributed by atoms with E-state index in [0.717, 1.165) is 11.3 Å². The molecule has 0 unspecified atom stereocenters. The van der Waals surface area contributed by atoms with E-state index < -0.39 is 4.92 Å². The number of nitro benzene ring substituents is 1. The Morgan fingerprint density at radius 1 is 1.08 bits per heavy atom. The van der Waals surface area contributed by atoms with Crippen LogP contribution in [0.4, 0.5) is 11.4 Å². The fourth-order valence-corrected chi connectivity index (χ4v) is 2.54. The van der Waals surface area contributed by atoms with Gasteiger partial charge >= 0.3 is 0 Å². The molecule has 1 atom stereocenters. The summed E-state index contributed by atoms with van der Waals surface area (Å²) >= 11 is 0. The molecule has 1 aromatic heterocycles. The van der Waals surface area contributed by atoms with Gasteiger partial charge in [-0.3, -0.25) is 15.1 Å². The van der Waals surface area contributed by atoms with E-state index in [1.807, 2.05) is 54.6 Å². The van der Waals surface area contributed by atoms with Gasteiger partial charge in [0.1, 0.15) is 6.07 Å². The Kier molecular flexibility index (Phi) is 4.67. The number of rotatable bonds is 5. The van der Waals surface area contributed by atoms with Gasteiger partial charge in [0.05, 0.1) is 27.9 Å². The second-order valence-corrected chi connectivity index (χ2v) is 5.34. The monoisotopic (exact) mass is 330 g/mol. The van der Waals surface area contributed by atoms with Crippen LogP contribution in [0, 0.1) is 21.4 Å². The molecule has 0 spiro atoms. The summed E-state index contributed by atoms with van der Waals surface area (Å²) in [6.45, 7) is 0. The van der Waals surface area contributed by atoms with Crippen molar-refractivity contribution in [2.75, 3.05) is 5.32 Å². The van der Waals surface area contributed by atoms with Gasteiger partial charge in [0, 0.05) is 18.3 Å². The van der Waals surface area contributed by atoms with Crippen molar-refractivity contribution < 1.29 is 4.92 Å². The summed E-state index contributed by atoms with van der Waals surface area (Å²) in [5.41, 5.74) is 2.38. The van der Waals surface area contributed by atoms with Gasteiger partial charge in [-0.25, -0.2) is 0 Å². The Morgan fingerprint density at radius 2 is 1.84 bits per heavy atom. The number of nitriles is 1. The van der Waals surface area contributed by atoms with Crippen LogP contribution in [0.2, 0.25) is 0 Å². The molecule has 1 N–H and O–H groups in total. The highest BCUT2D eigenvalue weighted by atomic mass is 16.6. The molecular weight excluding hydrogens is 316 g/mol. The standard InChI is InChI=1S/C19H14N4O2/c20-13-15-12-16(23(24)25)9-10-17(15)22-19(14-6-2-1-3-7-14)18-8-4-5-11-21-18/h1-12,19,22H/t19-/m1/s1. The van der Waals surface area contributed by atoms with Gasteiger partial charge in [-0.2, -0.15) is 5.26 Å².